The fourth-order valence-electron chi connectivity index (χ4n) is 1.57. The molecule has 0 fully saturated rings. The summed E-state index contributed by atoms with van der Waals surface area (Å²) in [6.45, 7) is 4.97. The Labute approximate surface area is 113 Å². The van der Waals surface area contributed by atoms with Crippen molar-refractivity contribution < 1.29 is 14.3 Å². The maximum atomic E-state index is 11.7. The molecule has 0 spiro atoms. The first-order chi connectivity index (χ1) is 9.08. The van der Waals surface area contributed by atoms with Gasteiger partial charge in [0.2, 0.25) is 5.91 Å². The molecule has 0 bridgehead atoms. The molecule has 0 aliphatic heterocycles. The lowest BCUT2D eigenvalue weighted by Crippen LogP contribution is -2.28. The van der Waals surface area contributed by atoms with Gasteiger partial charge in [0.05, 0.1) is 19.2 Å². The molecule has 1 rings (SSSR count). The van der Waals surface area contributed by atoms with E-state index in [2.05, 4.69) is 15.4 Å². The molecule has 19 heavy (non-hydrogen) atoms. The zero-order chi connectivity index (χ0) is 14.3. The number of rotatable bonds is 6. The van der Waals surface area contributed by atoms with Gasteiger partial charge in [-0.3, -0.25) is 4.79 Å². The summed E-state index contributed by atoms with van der Waals surface area (Å²) in [4.78, 5) is 23.1. The van der Waals surface area contributed by atoms with Gasteiger partial charge in [-0.2, -0.15) is 0 Å². The van der Waals surface area contributed by atoms with Crippen LogP contribution in [-0.2, 0) is 9.53 Å². The minimum absolute atomic E-state index is 0.126. The van der Waals surface area contributed by atoms with E-state index in [0.29, 0.717) is 11.3 Å². The molecule has 1 aromatic carbocycles. The number of hydrogen-bond acceptors (Lipinski definition) is 4. The van der Waals surface area contributed by atoms with Crippen LogP contribution in [0.5, 0.6) is 0 Å². The summed E-state index contributed by atoms with van der Waals surface area (Å²) in [7, 11) is 1.33. The first kappa shape index (κ1) is 15.2. The van der Waals surface area contributed by atoms with Crippen LogP contribution < -0.4 is 10.6 Å². The number of anilines is 1. The number of ether oxygens (including phenoxy) is 1. The third-order valence-corrected chi connectivity index (χ3v) is 2.65. The van der Waals surface area contributed by atoms with Crippen molar-refractivity contribution in [2.45, 2.75) is 20.3 Å². The summed E-state index contributed by atoms with van der Waals surface area (Å²) in [5, 5.41) is 5.80. The number of carbonyl (C=O) groups excluding carboxylic acids is 2. The van der Waals surface area contributed by atoms with Crippen molar-refractivity contribution in [1.29, 1.82) is 0 Å². The van der Waals surface area contributed by atoms with Gasteiger partial charge in [0.25, 0.3) is 0 Å². The van der Waals surface area contributed by atoms with E-state index < -0.39 is 5.97 Å². The van der Waals surface area contributed by atoms with Crippen molar-refractivity contribution in [3.8, 4) is 0 Å². The molecule has 0 saturated heterocycles. The summed E-state index contributed by atoms with van der Waals surface area (Å²) < 4.78 is 4.65. The van der Waals surface area contributed by atoms with E-state index in [4.69, 9.17) is 0 Å². The molecule has 0 aliphatic carbocycles. The first-order valence-corrected chi connectivity index (χ1v) is 6.28. The summed E-state index contributed by atoms with van der Waals surface area (Å²) >= 11 is 0. The maximum absolute atomic E-state index is 11.7. The monoisotopic (exact) mass is 264 g/mol. The molecule has 0 radical (unpaired) electrons. The zero-order valence-corrected chi connectivity index (χ0v) is 11.6. The van der Waals surface area contributed by atoms with E-state index in [-0.39, 0.29) is 12.5 Å². The van der Waals surface area contributed by atoms with Crippen molar-refractivity contribution in [1.82, 2.24) is 5.32 Å². The molecule has 0 aromatic heterocycles. The van der Waals surface area contributed by atoms with Gasteiger partial charge in [-0.1, -0.05) is 13.0 Å². The number of carbonyl (C=O) groups is 2. The third kappa shape index (κ3) is 4.71. The Hall–Kier alpha value is -1.88. The van der Waals surface area contributed by atoms with E-state index in [0.717, 1.165) is 18.5 Å². The molecule has 5 heteroatoms. The van der Waals surface area contributed by atoms with Crippen LogP contribution >= 0.6 is 0 Å². The number of aryl methyl sites for hydroxylation is 1. The van der Waals surface area contributed by atoms with Gasteiger partial charge in [0, 0.05) is 5.69 Å². The minimum Gasteiger partial charge on any atom is -0.465 e. The fraction of sp³-hybridized carbons (Fsp3) is 0.429. The Morgan fingerprint density at radius 3 is 2.68 bits per heavy atom. The Morgan fingerprint density at radius 1 is 1.32 bits per heavy atom. The Morgan fingerprint density at radius 2 is 2.05 bits per heavy atom. The van der Waals surface area contributed by atoms with Crippen molar-refractivity contribution in [2.24, 2.45) is 0 Å². The van der Waals surface area contributed by atoms with Gasteiger partial charge >= 0.3 is 5.97 Å². The smallest absolute Gasteiger partial charge is 0.337 e. The summed E-state index contributed by atoms with van der Waals surface area (Å²) in [5.41, 5.74) is 1.95. The standard InChI is InChI=1S/C14H20N2O3/c1-4-7-15-9-13(17)16-12-8-11(14(18)19-3)6-5-10(12)2/h5-6,8,15H,4,7,9H2,1-3H3,(H,16,17). The number of amides is 1. The minimum atomic E-state index is -0.417. The highest BCUT2D eigenvalue weighted by Crippen LogP contribution is 2.17. The number of nitrogens with one attached hydrogen (secondary N) is 2. The molecular formula is C14H20N2O3. The number of hydrogen-bond donors (Lipinski definition) is 2. The first-order valence-electron chi connectivity index (χ1n) is 6.28. The lowest BCUT2D eigenvalue weighted by Gasteiger charge is -2.10. The van der Waals surface area contributed by atoms with Crippen molar-refractivity contribution >= 4 is 17.6 Å². The molecule has 0 aliphatic rings. The van der Waals surface area contributed by atoms with Gasteiger partial charge in [-0.25, -0.2) is 4.79 Å². The lowest BCUT2D eigenvalue weighted by molar-refractivity contribution is -0.115. The average Bonchev–Trinajstić information content (AvgIpc) is 2.40. The van der Waals surface area contributed by atoms with Crippen LogP contribution in [-0.4, -0.2) is 32.1 Å². The predicted octanol–water partition coefficient (Wildman–Crippen LogP) is 1.72. The molecule has 0 unspecified atom stereocenters. The van der Waals surface area contributed by atoms with E-state index >= 15 is 0 Å². The molecular weight excluding hydrogens is 244 g/mol. The molecule has 104 valence electrons. The van der Waals surface area contributed by atoms with Crippen molar-refractivity contribution in [2.75, 3.05) is 25.5 Å². The quantitative estimate of drug-likeness (QED) is 0.606. The molecule has 1 aromatic rings. The highest BCUT2D eigenvalue weighted by molar-refractivity contribution is 5.96. The Bertz CT molecular complexity index is 458. The fourth-order valence-corrected chi connectivity index (χ4v) is 1.57. The SMILES string of the molecule is CCCNCC(=O)Nc1cc(C(=O)OC)ccc1C. The molecule has 5 nitrogen and oxygen atoms in total. The van der Waals surface area contributed by atoms with Crippen LogP contribution in [0, 0.1) is 6.92 Å². The second kappa shape index (κ2) is 7.53. The molecule has 0 heterocycles. The van der Waals surface area contributed by atoms with E-state index in [9.17, 15) is 9.59 Å². The van der Waals surface area contributed by atoms with Crippen LogP contribution in [0.25, 0.3) is 0 Å². The number of benzene rings is 1. The van der Waals surface area contributed by atoms with Crippen LogP contribution in [0.4, 0.5) is 5.69 Å². The van der Waals surface area contributed by atoms with Gasteiger partial charge in [-0.05, 0) is 37.6 Å². The van der Waals surface area contributed by atoms with E-state index in [1.54, 1.807) is 18.2 Å². The topological polar surface area (TPSA) is 67.4 Å². The zero-order valence-electron chi connectivity index (χ0n) is 11.6. The Kier molecular flexibility index (Phi) is 6.02. The van der Waals surface area contributed by atoms with E-state index in [1.165, 1.54) is 7.11 Å². The molecule has 2 N–H and O–H groups in total. The second-order valence-electron chi connectivity index (χ2n) is 4.25. The van der Waals surface area contributed by atoms with Crippen LogP contribution in [0.15, 0.2) is 18.2 Å². The summed E-state index contributed by atoms with van der Waals surface area (Å²) in [6, 6.07) is 5.08. The van der Waals surface area contributed by atoms with Crippen LogP contribution in [0.2, 0.25) is 0 Å². The molecule has 0 atom stereocenters. The van der Waals surface area contributed by atoms with Crippen LogP contribution in [0.3, 0.4) is 0 Å². The molecule has 0 saturated carbocycles. The second-order valence-corrected chi connectivity index (χ2v) is 4.25. The predicted molar refractivity (Wildman–Crippen MR) is 74.3 cm³/mol. The van der Waals surface area contributed by atoms with Gasteiger partial charge in [-0.15, -0.1) is 0 Å². The molecule has 1 amide bonds. The van der Waals surface area contributed by atoms with E-state index in [1.807, 2.05) is 13.8 Å². The van der Waals surface area contributed by atoms with Gasteiger partial charge < -0.3 is 15.4 Å². The lowest BCUT2D eigenvalue weighted by atomic mass is 10.1. The third-order valence-electron chi connectivity index (χ3n) is 2.65. The van der Waals surface area contributed by atoms with Gasteiger partial charge in [0.15, 0.2) is 0 Å². The van der Waals surface area contributed by atoms with Crippen molar-refractivity contribution in [3.63, 3.8) is 0 Å². The van der Waals surface area contributed by atoms with Crippen molar-refractivity contribution in [3.05, 3.63) is 29.3 Å². The highest BCUT2D eigenvalue weighted by Gasteiger charge is 2.09. The highest BCUT2D eigenvalue weighted by atomic mass is 16.5. The number of esters is 1. The average molecular weight is 264 g/mol. The normalized spacial score (nSPS) is 10.1. The van der Waals surface area contributed by atoms with Gasteiger partial charge in [0.1, 0.15) is 0 Å². The number of methoxy groups -OCH3 is 1. The largest absolute Gasteiger partial charge is 0.465 e. The Balaban J connectivity index is 2.71. The maximum Gasteiger partial charge on any atom is 0.337 e. The summed E-state index contributed by atoms with van der Waals surface area (Å²) in [6.07, 6.45) is 0.976. The van der Waals surface area contributed by atoms with Crippen LogP contribution in [0.1, 0.15) is 29.3 Å². The summed E-state index contributed by atoms with van der Waals surface area (Å²) in [5.74, 6) is -0.543.